The van der Waals surface area contributed by atoms with E-state index in [1.807, 2.05) is 0 Å². The van der Waals surface area contributed by atoms with Crippen LogP contribution in [0.5, 0.6) is 0 Å². The smallest absolute Gasteiger partial charge is 0.115 e. The normalized spacial score (nSPS) is 19.5. The molecule has 0 bridgehead atoms. The lowest BCUT2D eigenvalue weighted by molar-refractivity contribution is -0.536. The predicted molar refractivity (Wildman–Crippen MR) is 41.0 cm³/mol. The molecule has 0 amide bonds. The second-order valence-electron chi connectivity index (χ2n) is 2.60. The maximum absolute atomic E-state index is 2.16. The third kappa shape index (κ3) is 1.46. The third-order valence-corrected chi connectivity index (χ3v) is 1.90. The summed E-state index contributed by atoms with van der Waals surface area (Å²) in [7, 11) is 0. The fourth-order valence-electron chi connectivity index (χ4n) is 1.32. The summed E-state index contributed by atoms with van der Waals surface area (Å²) in [6.07, 6.45) is 10.6. The van der Waals surface area contributed by atoms with Gasteiger partial charge in [-0.2, -0.15) is 0 Å². The molecule has 2 aliphatic rings. The van der Waals surface area contributed by atoms with Crippen molar-refractivity contribution >= 4 is 0 Å². The van der Waals surface area contributed by atoms with Gasteiger partial charge in [0.2, 0.25) is 0 Å². The van der Waals surface area contributed by atoms with Crippen LogP contribution in [0.15, 0.2) is 47.3 Å². The van der Waals surface area contributed by atoms with Crippen LogP contribution >= 0.6 is 0 Å². The van der Waals surface area contributed by atoms with E-state index in [2.05, 4.69) is 42.7 Å². The van der Waals surface area contributed by atoms with Gasteiger partial charge in [0, 0.05) is 12.5 Å². The van der Waals surface area contributed by atoms with Crippen LogP contribution in [0.3, 0.4) is 0 Å². The zero-order chi connectivity index (χ0) is 6.97. The fourth-order valence-corrected chi connectivity index (χ4v) is 1.32. The molecule has 2 heteroatoms. The number of hydrogen-bond donors (Lipinski definition) is 1. The van der Waals surface area contributed by atoms with Crippen molar-refractivity contribution in [2.45, 2.75) is 6.92 Å². The fraction of sp³-hybridized carbons (Fsp3) is 0.111. The molecular weight excluding hydrogens is 249 g/mol. The lowest BCUT2D eigenvalue weighted by atomic mass is 10.1. The standard InChI is InChI=1S/C9H9N.HI/c1-7-9-4-2-3-8(9)5-6-10-7;/h2-6,10H,1H3;1H. The van der Waals surface area contributed by atoms with E-state index in [1.54, 1.807) is 0 Å². The average Bonchev–Trinajstić information content (AvgIpc) is 2.36. The lowest BCUT2D eigenvalue weighted by Crippen LogP contribution is -3.00. The highest BCUT2D eigenvalue weighted by molar-refractivity contribution is 5.55. The minimum atomic E-state index is 0. The molecule has 1 heterocycles. The quantitative estimate of drug-likeness (QED) is 0.478. The lowest BCUT2D eigenvalue weighted by Gasteiger charge is -2.06. The second kappa shape index (κ2) is 3.36. The second-order valence-corrected chi connectivity index (χ2v) is 2.60. The van der Waals surface area contributed by atoms with Crippen LogP contribution in [0, 0.1) is 0 Å². The minimum absolute atomic E-state index is 0. The molecule has 0 fully saturated rings. The topological polar surface area (TPSA) is 16.6 Å². The van der Waals surface area contributed by atoms with E-state index < -0.39 is 0 Å². The van der Waals surface area contributed by atoms with E-state index >= 15 is 0 Å². The van der Waals surface area contributed by atoms with Gasteiger partial charge in [-0.05, 0) is 17.7 Å². The SMILES string of the molecule is CC1=C2C=CC=C2C=C[NH2+]1.[I-]. The Morgan fingerprint density at radius 1 is 1.27 bits per heavy atom. The highest BCUT2D eigenvalue weighted by Gasteiger charge is 2.12. The highest BCUT2D eigenvalue weighted by atomic mass is 127. The molecule has 0 saturated carbocycles. The molecule has 2 rings (SSSR count). The van der Waals surface area contributed by atoms with Crippen molar-refractivity contribution in [2.24, 2.45) is 0 Å². The van der Waals surface area contributed by atoms with Crippen molar-refractivity contribution in [2.75, 3.05) is 0 Å². The van der Waals surface area contributed by atoms with E-state index in [1.165, 1.54) is 16.8 Å². The first kappa shape index (κ1) is 8.74. The maximum atomic E-state index is 2.16. The van der Waals surface area contributed by atoms with Crippen molar-refractivity contribution in [1.29, 1.82) is 0 Å². The number of hydrogen-bond acceptors (Lipinski definition) is 0. The summed E-state index contributed by atoms with van der Waals surface area (Å²) in [6.45, 7) is 2.14. The predicted octanol–water partition coefficient (Wildman–Crippen LogP) is -2.15. The number of fused-ring (bicyclic) bond motifs is 1. The molecule has 2 N–H and O–H groups in total. The summed E-state index contributed by atoms with van der Waals surface area (Å²) in [6, 6.07) is 0. The number of quaternary nitrogens is 1. The zero-order valence-electron chi connectivity index (χ0n) is 6.34. The van der Waals surface area contributed by atoms with Crippen LogP contribution in [-0.2, 0) is 0 Å². The van der Waals surface area contributed by atoms with Gasteiger partial charge in [0.05, 0.1) is 6.20 Å². The van der Waals surface area contributed by atoms with E-state index in [-0.39, 0.29) is 24.0 Å². The van der Waals surface area contributed by atoms with Crippen LogP contribution in [0.1, 0.15) is 6.92 Å². The molecule has 58 valence electrons. The monoisotopic (exact) mass is 259 g/mol. The van der Waals surface area contributed by atoms with Gasteiger partial charge in [-0.1, -0.05) is 12.2 Å². The van der Waals surface area contributed by atoms with Gasteiger partial charge in [-0.25, -0.2) is 0 Å². The zero-order valence-corrected chi connectivity index (χ0v) is 8.50. The first-order chi connectivity index (χ1) is 4.88. The van der Waals surface area contributed by atoms with E-state index in [9.17, 15) is 0 Å². The largest absolute Gasteiger partial charge is 1.00 e. The Labute approximate surface area is 83.6 Å². The minimum Gasteiger partial charge on any atom is -1.00 e. The molecule has 11 heavy (non-hydrogen) atoms. The summed E-state index contributed by atoms with van der Waals surface area (Å²) in [5, 5.41) is 2.14. The molecule has 0 atom stereocenters. The molecule has 0 unspecified atom stereocenters. The Kier molecular flexibility index (Phi) is 2.67. The Hall–Kier alpha value is -0.350. The molecule has 1 aliphatic carbocycles. The third-order valence-electron chi connectivity index (χ3n) is 1.90. The molecule has 0 radical (unpaired) electrons. The molecule has 0 spiro atoms. The molecule has 1 nitrogen and oxygen atoms in total. The summed E-state index contributed by atoms with van der Waals surface area (Å²) in [5.41, 5.74) is 4.09. The highest BCUT2D eigenvalue weighted by Crippen LogP contribution is 2.21. The van der Waals surface area contributed by atoms with Gasteiger partial charge in [-0.15, -0.1) is 0 Å². The summed E-state index contributed by atoms with van der Waals surface area (Å²) < 4.78 is 0. The van der Waals surface area contributed by atoms with E-state index in [0.29, 0.717) is 0 Å². The van der Waals surface area contributed by atoms with Crippen LogP contribution in [0.4, 0.5) is 0 Å². The number of nitrogens with two attached hydrogens (primary N) is 1. The maximum Gasteiger partial charge on any atom is 0.115 e. The Balaban J connectivity index is 0.000000605. The molecular formula is C9H10IN. The van der Waals surface area contributed by atoms with Crippen LogP contribution < -0.4 is 29.3 Å². The van der Waals surface area contributed by atoms with Crippen LogP contribution in [-0.4, -0.2) is 0 Å². The summed E-state index contributed by atoms with van der Waals surface area (Å²) >= 11 is 0. The molecule has 0 aromatic heterocycles. The summed E-state index contributed by atoms with van der Waals surface area (Å²) in [5.74, 6) is 0. The Morgan fingerprint density at radius 3 is 2.82 bits per heavy atom. The van der Waals surface area contributed by atoms with Crippen molar-refractivity contribution in [3.05, 3.63) is 47.3 Å². The molecule has 0 aromatic rings. The average molecular weight is 259 g/mol. The van der Waals surface area contributed by atoms with Gasteiger partial charge in [0.25, 0.3) is 0 Å². The van der Waals surface area contributed by atoms with Crippen molar-refractivity contribution in [3.63, 3.8) is 0 Å². The van der Waals surface area contributed by atoms with Crippen LogP contribution in [0.25, 0.3) is 0 Å². The number of halogens is 1. The number of allylic oxidation sites excluding steroid dienone is 7. The molecule has 0 saturated heterocycles. The first-order valence-corrected chi connectivity index (χ1v) is 3.49. The summed E-state index contributed by atoms with van der Waals surface area (Å²) in [4.78, 5) is 0. The van der Waals surface area contributed by atoms with Crippen molar-refractivity contribution in [3.8, 4) is 0 Å². The molecule has 0 aromatic carbocycles. The van der Waals surface area contributed by atoms with Gasteiger partial charge < -0.3 is 24.0 Å². The van der Waals surface area contributed by atoms with Crippen molar-refractivity contribution < 1.29 is 29.3 Å². The molecule has 1 aliphatic heterocycles. The van der Waals surface area contributed by atoms with Gasteiger partial charge in [0.15, 0.2) is 0 Å². The van der Waals surface area contributed by atoms with Gasteiger partial charge in [0.1, 0.15) is 5.70 Å². The van der Waals surface area contributed by atoms with Crippen molar-refractivity contribution in [1.82, 2.24) is 0 Å². The number of rotatable bonds is 0. The first-order valence-electron chi connectivity index (χ1n) is 3.49. The Bertz CT molecular complexity index is 282. The Morgan fingerprint density at radius 2 is 2.09 bits per heavy atom. The van der Waals surface area contributed by atoms with Gasteiger partial charge >= 0.3 is 0 Å². The van der Waals surface area contributed by atoms with Crippen LogP contribution in [0.2, 0.25) is 0 Å². The van der Waals surface area contributed by atoms with E-state index in [4.69, 9.17) is 0 Å². The van der Waals surface area contributed by atoms with E-state index in [0.717, 1.165) is 0 Å². The van der Waals surface area contributed by atoms with Gasteiger partial charge in [-0.3, -0.25) is 5.32 Å².